The molecule has 3 aliphatic rings. The standard InChI is InChI=1S/C40H72O2Si2/c1-13-43(14-2,15-3)40(41)29-27-31(7)35(30-40)24-23-34-20-19-28-39(12)36(25-26-37(34)39)32(8)21-22-33(9)38(10,11)42-44(16-4,17-5)18-6/h21-24,32-33,36-37,41H,7,13-20,25-30H2,1-6,8-12H3/b22-21+,34-23?,35-24?/t32-,33+,36-,37?,39-,40-/m1/s1. The van der Waals surface area contributed by atoms with Crippen LogP contribution in [0.5, 0.6) is 0 Å². The maximum Gasteiger partial charge on any atom is 0.192 e. The van der Waals surface area contributed by atoms with E-state index in [-0.39, 0.29) is 5.60 Å². The average Bonchev–Trinajstić information content (AvgIpc) is 3.37. The molecule has 44 heavy (non-hydrogen) atoms. The van der Waals surface area contributed by atoms with Gasteiger partial charge in [0.15, 0.2) is 8.32 Å². The number of hydrogen-bond donors (Lipinski definition) is 1. The van der Waals surface area contributed by atoms with E-state index in [0.717, 1.165) is 25.2 Å². The quantitative estimate of drug-likeness (QED) is 0.151. The fraction of sp³-hybridized carbons (Fsp3) is 0.800. The van der Waals surface area contributed by atoms with E-state index in [2.05, 4.69) is 107 Å². The summed E-state index contributed by atoms with van der Waals surface area (Å²) in [5.74, 6) is 2.39. The van der Waals surface area contributed by atoms with Crippen LogP contribution in [0.3, 0.4) is 0 Å². The molecule has 3 fully saturated rings. The van der Waals surface area contributed by atoms with Gasteiger partial charge in [-0.3, -0.25) is 0 Å². The highest BCUT2D eigenvalue weighted by Crippen LogP contribution is 2.59. The maximum absolute atomic E-state index is 12.1. The van der Waals surface area contributed by atoms with Crippen LogP contribution in [0.1, 0.15) is 128 Å². The average molecular weight is 641 g/mol. The summed E-state index contributed by atoms with van der Waals surface area (Å²) in [6.07, 6.45) is 19.2. The summed E-state index contributed by atoms with van der Waals surface area (Å²) in [6.45, 7) is 30.6. The highest BCUT2D eigenvalue weighted by atomic mass is 28.4. The minimum absolute atomic E-state index is 0.121. The van der Waals surface area contributed by atoms with Gasteiger partial charge in [0, 0.05) is 5.92 Å². The normalized spacial score (nSPS) is 32.0. The smallest absolute Gasteiger partial charge is 0.192 e. The second-order valence-electron chi connectivity index (χ2n) is 16.2. The number of fused-ring (bicyclic) bond motifs is 1. The van der Waals surface area contributed by atoms with Gasteiger partial charge < -0.3 is 9.53 Å². The number of allylic oxidation sites excluding steroid dienone is 5. The first-order chi connectivity index (χ1) is 20.7. The van der Waals surface area contributed by atoms with Gasteiger partial charge in [0.2, 0.25) is 0 Å². The van der Waals surface area contributed by atoms with Gasteiger partial charge in [-0.2, -0.15) is 0 Å². The van der Waals surface area contributed by atoms with Gasteiger partial charge in [-0.25, -0.2) is 0 Å². The Balaban J connectivity index is 1.77. The van der Waals surface area contributed by atoms with E-state index in [1.807, 2.05) is 0 Å². The van der Waals surface area contributed by atoms with Crippen LogP contribution in [0.25, 0.3) is 0 Å². The highest BCUT2D eigenvalue weighted by Gasteiger charge is 2.51. The molecule has 1 unspecified atom stereocenters. The molecule has 0 bridgehead atoms. The number of hydrogen-bond acceptors (Lipinski definition) is 2. The summed E-state index contributed by atoms with van der Waals surface area (Å²) >= 11 is 0. The molecule has 0 saturated heterocycles. The van der Waals surface area contributed by atoms with Crippen molar-refractivity contribution < 1.29 is 9.53 Å². The molecular formula is C40H72O2Si2. The molecule has 0 aromatic carbocycles. The lowest BCUT2D eigenvalue weighted by atomic mass is 9.61. The third-order valence-corrected chi connectivity index (χ3v) is 25.5. The first-order valence-electron chi connectivity index (χ1n) is 18.8. The SMILES string of the molecule is C=C1CC[C@@](O)([Si](CC)(CC)CC)CC1=CC=C1CCC[C@@]2(C)C1CC[C@@H]2[C@H](C)/C=C/[C@H](C)C(C)(C)O[Si](CC)(CC)CC. The molecule has 0 aromatic heterocycles. The summed E-state index contributed by atoms with van der Waals surface area (Å²) < 4.78 is 7.00. The van der Waals surface area contributed by atoms with E-state index in [9.17, 15) is 5.11 Å². The lowest BCUT2D eigenvalue weighted by molar-refractivity contribution is 0.0584. The number of rotatable bonds is 14. The van der Waals surface area contributed by atoms with Crippen molar-refractivity contribution >= 4 is 16.4 Å². The van der Waals surface area contributed by atoms with Gasteiger partial charge >= 0.3 is 0 Å². The minimum atomic E-state index is -1.74. The second-order valence-corrected chi connectivity index (χ2v) is 26.5. The molecule has 0 heterocycles. The fourth-order valence-corrected chi connectivity index (χ4v) is 18.0. The zero-order valence-corrected chi connectivity index (χ0v) is 33.1. The number of aliphatic hydroxyl groups is 1. The summed E-state index contributed by atoms with van der Waals surface area (Å²) in [7, 11) is -3.39. The molecule has 3 rings (SSSR count). The van der Waals surface area contributed by atoms with Gasteiger partial charge in [-0.1, -0.05) is 122 Å². The molecule has 2 nitrogen and oxygen atoms in total. The van der Waals surface area contributed by atoms with E-state index < -0.39 is 21.6 Å². The van der Waals surface area contributed by atoms with Crippen LogP contribution in [-0.2, 0) is 4.43 Å². The largest absolute Gasteiger partial charge is 0.411 e. The van der Waals surface area contributed by atoms with E-state index in [0.29, 0.717) is 23.2 Å². The van der Waals surface area contributed by atoms with E-state index in [1.54, 1.807) is 5.57 Å². The van der Waals surface area contributed by atoms with Crippen LogP contribution in [0.15, 0.2) is 47.6 Å². The predicted octanol–water partition coefficient (Wildman–Crippen LogP) is 12.2. The van der Waals surface area contributed by atoms with Crippen molar-refractivity contribution in [1.82, 2.24) is 0 Å². The zero-order valence-electron chi connectivity index (χ0n) is 31.1. The van der Waals surface area contributed by atoms with Crippen molar-refractivity contribution in [3.63, 3.8) is 0 Å². The predicted molar refractivity (Wildman–Crippen MR) is 199 cm³/mol. The third kappa shape index (κ3) is 7.39. The summed E-state index contributed by atoms with van der Waals surface area (Å²) in [4.78, 5) is 0. The molecule has 1 N–H and O–H groups in total. The molecule has 3 saturated carbocycles. The van der Waals surface area contributed by atoms with Crippen LogP contribution >= 0.6 is 0 Å². The first kappa shape index (κ1) is 37.8. The van der Waals surface area contributed by atoms with E-state index >= 15 is 0 Å². The van der Waals surface area contributed by atoms with Gasteiger partial charge in [0.1, 0.15) is 0 Å². The lowest BCUT2D eigenvalue weighted by Gasteiger charge is -2.48. The maximum atomic E-state index is 12.1. The van der Waals surface area contributed by atoms with Crippen LogP contribution in [0.4, 0.5) is 0 Å². The highest BCUT2D eigenvalue weighted by molar-refractivity contribution is 6.82. The minimum Gasteiger partial charge on any atom is -0.411 e. The monoisotopic (exact) mass is 641 g/mol. The van der Waals surface area contributed by atoms with E-state index in [4.69, 9.17) is 4.43 Å². The zero-order chi connectivity index (χ0) is 33.0. The molecule has 252 valence electrons. The molecule has 3 aliphatic carbocycles. The Bertz CT molecular complexity index is 1040. The Labute approximate surface area is 276 Å². The molecule has 0 aromatic rings. The van der Waals surface area contributed by atoms with Crippen LogP contribution < -0.4 is 0 Å². The van der Waals surface area contributed by atoms with Gasteiger partial charge in [0.25, 0.3) is 0 Å². The van der Waals surface area contributed by atoms with Gasteiger partial charge in [-0.05, 0) is 112 Å². The summed E-state index contributed by atoms with van der Waals surface area (Å²) in [5, 5.41) is 11.6. The molecule has 0 spiro atoms. The molecule has 4 heteroatoms. The topological polar surface area (TPSA) is 29.5 Å². The van der Waals surface area contributed by atoms with Crippen LogP contribution in [0, 0.1) is 29.1 Å². The van der Waals surface area contributed by atoms with Crippen molar-refractivity contribution in [2.45, 2.75) is 175 Å². The third-order valence-electron chi connectivity index (χ3n) is 14.2. The van der Waals surface area contributed by atoms with E-state index in [1.165, 1.54) is 79.5 Å². The van der Waals surface area contributed by atoms with Crippen molar-refractivity contribution in [3.05, 3.63) is 47.6 Å². The Hall–Kier alpha value is -0.686. The molecular weight excluding hydrogens is 569 g/mol. The summed E-state index contributed by atoms with van der Waals surface area (Å²) in [5.41, 5.74) is 4.51. The molecule has 0 radical (unpaired) electrons. The van der Waals surface area contributed by atoms with Gasteiger partial charge in [-0.15, -0.1) is 0 Å². The second kappa shape index (κ2) is 15.0. The Morgan fingerprint density at radius 3 is 2.09 bits per heavy atom. The lowest BCUT2D eigenvalue weighted by Crippen LogP contribution is -2.58. The van der Waals surface area contributed by atoms with Crippen molar-refractivity contribution in [1.29, 1.82) is 0 Å². The Kier molecular flexibility index (Phi) is 12.9. The van der Waals surface area contributed by atoms with Crippen molar-refractivity contribution in [2.24, 2.45) is 29.1 Å². The Morgan fingerprint density at radius 2 is 1.52 bits per heavy atom. The van der Waals surface area contributed by atoms with Crippen molar-refractivity contribution in [2.75, 3.05) is 0 Å². The van der Waals surface area contributed by atoms with Crippen molar-refractivity contribution in [3.8, 4) is 0 Å². The Morgan fingerprint density at radius 1 is 0.909 bits per heavy atom. The van der Waals surface area contributed by atoms with Crippen LogP contribution in [-0.4, -0.2) is 32.3 Å². The first-order valence-corrected chi connectivity index (χ1v) is 24.0. The molecule has 0 amide bonds. The van der Waals surface area contributed by atoms with Gasteiger partial charge in [0.05, 0.1) is 18.9 Å². The fourth-order valence-electron chi connectivity index (χ4n) is 10.1. The molecule has 0 aliphatic heterocycles. The van der Waals surface area contributed by atoms with Crippen LogP contribution in [0.2, 0.25) is 36.3 Å². The summed E-state index contributed by atoms with van der Waals surface area (Å²) in [6, 6.07) is 7.14. The molecule has 6 atom stereocenters.